The average Bonchev–Trinajstić information content (AvgIpc) is 3.10. The second kappa shape index (κ2) is 8.62. The highest BCUT2D eigenvalue weighted by molar-refractivity contribution is 6.31. The Balaban J connectivity index is 1.44. The van der Waals surface area contributed by atoms with Crippen LogP contribution in [-0.2, 0) is 12.0 Å². The molecule has 1 amide bonds. The van der Waals surface area contributed by atoms with E-state index < -0.39 is 5.82 Å². The van der Waals surface area contributed by atoms with E-state index in [1.807, 2.05) is 0 Å². The van der Waals surface area contributed by atoms with E-state index in [1.165, 1.54) is 18.2 Å². The zero-order valence-electron chi connectivity index (χ0n) is 16.5. The number of nitrogens with one attached hydrogen (secondary N) is 2. The van der Waals surface area contributed by atoms with Gasteiger partial charge in [-0.25, -0.2) is 9.37 Å². The molecule has 1 aromatic carbocycles. The summed E-state index contributed by atoms with van der Waals surface area (Å²) >= 11 is 5.83. The highest BCUT2D eigenvalue weighted by Crippen LogP contribution is 2.23. The molecule has 152 valence electrons. The van der Waals surface area contributed by atoms with E-state index in [-0.39, 0.29) is 28.0 Å². The number of carbonyl (C=O) groups is 1. The molecule has 0 saturated heterocycles. The fraction of sp³-hybridized carbons (Fsp3) is 0.524. The summed E-state index contributed by atoms with van der Waals surface area (Å²) in [5, 5.41) is 6.73. The summed E-state index contributed by atoms with van der Waals surface area (Å²) < 4.78 is 19.0. The predicted octanol–water partition coefficient (Wildman–Crippen LogP) is 4.60. The first-order valence-corrected chi connectivity index (χ1v) is 10.0. The van der Waals surface area contributed by atoms with Gasteiger partial charge in [-0.05, 0) is 43.9 Å². The number of carbonyl (C=O) groups excluding carboxylic acids is 1. The van der Waals surface area contributed by atoms with Gasteiger partial charge in [0.25, 0.3) is 5.91 Å². The number of oxazole rings is 1. The van der Waals surface area contributed by atoms with Crippen molar-refractivity contribution in [3.63, 3.8) is 0 Å². The average molecular weight is 408 g/mol. The number of hydrogen-bond acceptors (Lipinski definition) is 4. The van der Waals surface area contributed by atoms with Crippen LogP contribution in [0.2, 0.25) is 5.02 Å². The molecule has 1 aliphatic carbocycles. The van der Waals surface area contributed by atoms with Crippen LogP contribution in [0.1, 0.15) is 68.4 Å². The summed E-state index contributed by atoms with van der Waals surface area (Å²) in [7, 11) is 0. The number of halogens is 2. The van der Waals surface area contributed by atoms with Gasteiger partial charge in [-0.15, -0.1) is 0 Å². The third-order valence-corrected chi connectivity index (χ3v) is 5.17. The van der Waals surface area contributed by atoms with Crippen LogP contribution in [0.5, 0.6) is 0 Å². The van der Waals surface area contributed by atoms with E-state index in [1.54, 1.807) is 6.26 Å². The van der Waals surface area contributed by atoms with Crippen LogP contribution < -0.4 is 10.6 Å². The van der Waals surface area contributed by atoms with Gasteiger partial charge in [0.05, 0.1) is 5.69 Å². The first-order valence-electron chi connectivity index (χ1n) is 9.66. The second-order valence-corrected chi connectivity index (χ2v) is 8.89. The van der Waals surface area contributed by atoms with Crippen LogP contribution in [-0.4, -0.2) is 23.0 Å². The third-order valence-electron chi connectivity index (χ3n) is 4.95. The van der Waals surface area contributed by atoms with Crippen LogP contribution in [0.4, 0.5) is 4.39 Å². The Morgan fingerprint density at radius 2 is 1.89 bits per heavy atom. The molecule has 0 spiro atoms. The quantitative estimate of drug-likeness (QED) is 0.760. The van der Waals surface area contributed by atoms with E-state index in [2.05, 4.69) is 36.4 Å². The summed E-state index contributed by atoms with van der Waals surface area (Å²) in [6, 6.07) is 4.35. The third kappa shape index (κ3) is 5.55. The molecule has 1 aromatic heterocycles. The van der Waals surface area contributed by atoms with Crippen molar-refractivity contribution in [3.05, 3.63) is 52.5 Å². The van der Waals surface area contributed by atoms with E-state index in [0.29, 0.717) is 12.6 Å². The van der Waals surface area contributed by atoms with Crippen molar-refractivity contribution in [1.29, 1.82) is 0 Å². The maximum Gasteiger partial charge on any atom is 0.251 e. The molecule has 5 nitrogen and oxygen atoms in total. The molecule has 28 heavy (non-hydrogen) atoms. The fourth-order valence-corrected chi connectivity index (χ4v) is 3.60. The van der Waals surface area contributed by atoms with Gasteiger partial charge < -0.3 is 15.1 Å². The molecule has 0 unspecified atom stereocenters. The molecule has 0 aliphatic heterocycles. The Labute approximate surface area is 170 Å². The largest absolute Gasteiger partial charge is 0.448 e. The predicted molar refractivity (Wildman–Crippen MR) is 107 cm³/mol. The van der Waals surface area contributed by atoms with Crippen LogP contribution in [0.3, 0.4) is 0 Å². The van der Waals surface area contributed by atoms with Gasteiger partial charge in [-0.1, -0.05) is 32.4 Å². The van der Waals surface area contributed by atoms with Gasteiger partial charge in [0.1, 0.15) is 12.1 Å². The molecule has 2 aromatic rings. The summed E-state index contributed by atoms with van der Waals surface area (Å²) in [6.45, 7) is 6.89. The minimum absolute atomic E-state index is 0.0899. The van der Waals surface area contributed by atoms with E-state index in [0.717, 1.165) is 37.3 Å². The minimum atomic E-state index is -0.506. The molecular formula is C21H27ClFN3O2. The number of rotatable bonds is 5. The maximum atomic E-state index is 13.4. The minimum Gasteiger partial charge on any atom is -0.448 e. The van der Waals surface area contributed by atoms with Crippen LogP contribution in [0, 0.1) is 5.82 Å². The van der Waals surface area contributed by atoms with Gasteiger partial charge in [-0.3, -0.25) is 4.79 Å². The number of aromatic nitrogens is 1. The van der Waals surface area contributed by atoms with Crippen molar-refractivity contribution in [2.45, 2.75) is 70.5 Å². The number of benzene rings is 1. The van der Waals surface area contributed by atoms with Crippen molar-refractivity contribution >= 4 is 17.5 Å². The molecule has 3 rings (SSSR count). The van der Waals surface area contributed by atoms with Crippen molar-refractivity contribution in [3.8, 4) is 0 Å². The number of nitrogens with zero attached hydrogens (tertiary/aromatic N) is 1. The molecule has 0 bridgehead atoms. The Morgan fingerprint density at radius 1 is 1.21 bits per heavy atom. The topological polar surface area (TPSA) is 67.2 Å². The zero-order valence-corrected chi connectivity index (χ0v) is 17.3. The Hall–Kier alpha value is -1.92. The fourth-order valence-electron chi connectivity index (χ4n) is 3.38. The number of hydrogen-bond donors (Lipinski definition) is 2. The van der Waals surface area contributed by atoms with Gasteiger partial charge in [0.15, 0.2) is 5.89 Å². The summed E-state index contributed by atoms with van der Waals surface area (Å²) in [4.78, 5) is 16.9. The molecular weight excluding hydrogens is 381 g/mol. The lowest BCUT2D eigenvalue weighted by Crippen LogP contribution is -2.42. The maximum absolute atomic E-state index is 13.4. The lowest BCUT2D eigenvalue weighted by atomic mass is 9.91. The van der Waals surface area contributed by atoms with Gasteiger partial charge in [-0.2, -0.15) is 0 Å². The normalized spacial score (nSPS) is 20.2. The molecule has 0 atom stereocenters. The summed E-state index contributed by atoms with van der Waals surface area (Å²) in [6.07, 6.45) is 5.37. The van der Waals surface area contributed by atoms with E-state index in [9.17, 15) is 9.18 Å². The Kier molecular flexibility index (Phi) is 6.40. The van der Waals surface area contributed by atoms with Crippen LogP contribution in [0.15, 0.2) is 28.9 Å². The molecule has 1 fully saturated rings. The van der Waals surface area contributed by atoms with Crippen LogP contribution >= 0.6 is 11.6 Å². The second-order valence-electron chi connectivity index (χ2n) is 8.46. The Morgan fingerprint density at radius 3 is 2.50 bits per heavy atom. The van der Waals surface area contributed by atoms with Crippen molar-refractivity contribution in [2.24, 2.45) is 0 Å². The summed E-state index contributed by atoms with van der Waals surface area (Å²) in [5.41, 5.74) is 1.06. The van der Waals surface area contributed by atoms with Crippen LogP contribution in [0.25, 0.3) is 0 Å². The number of amides is 1. The molecule has 2 N–H and O–H groups in total. The smallest absolute Gasteiger partial charge is 0.251 e. The van der Waals surface area contributed by atoms with Gasteiger partial charge in [0.2, 0.25) is 0 Å². The Bertz CT molecular complexity index is 803. The van der Waals surface area contributed by atoms with Gasteiger partial charge >= 0.3 is 0 Å². The monoisotopic (exact) mass is 407 g/mol. The van der Waals surface area contributed by atoms with Crippen molar-refractivity contribution < 1.29 is 13.6 Å². The van der Waals surface area contributed by atoms with Crippen molar-refractivity contribution in [2.75, 3.05) is 0 Å². The van der Waals surface area contributed by atoms with Gasteiger partial charge in [0, 0.05) is 34.6 Å². The van der Waals surface area contributed by atoms with Crippen molar-refractivity contribution in [1.82, 2.24) is 15.6 Å². The molecule has 1 aliphatic rings. The highest BCUT2D eigenvalue weighted by atomic mass is 35.5. The first kappa shape index (κ1) is 20.8. The molecule has 1 heterocycles. The molecule has 1 saturated carbocycles. The molecule has 7 heteroatoms. The lowest BCUT2D eigenvalue weighted by Gasteiger charge is -2.29. The first-order chi connectivity index (χ1) is 13.2. The zero-order chi connectivity index (χ0) is 20.3. The van der Waals surface area contributed by atoms with E-state index in [4.69, 9.17) is 16.0 Å². The SMILES string of the molecule is CC(C)(C)c1nc(CN[C@H]2CC[C@H](NC(=O)c3cc(F)cc(Cl)c3)CC2)co1. The van der Waals surface area contributed by atoms with E-state index >= 15 is 0 Å². The lowest BCUT2D eigenvalue weighted by molar-refractivity contribution is 0.0923. The summed E-state index contributed by atoms with van der Waals surface area (Å²) in [5.74, 6) is -0.0451. The molecule has 0 radical (unpaired) electrons. The highest BCUT2D eigenvalue weighted by Gasteiger charge is 2.24. The standard InChI is InChI=1S/C21H27ClFN3O2/c1-21(2,3)20-26-18(12-28-20)11-24-16-4-6-17(7-5-16)25-19(27)13-8-14(22)10-15(23)9-13/h8-10,12,16-17,24H,4-7,11H2,1-3H3,(H,25,27)/t16-,17-.